The van der Waals surface area contributed by atoms with E-state index in [1.54, 1.807) is 12.1 Å². The van der Waals surface area contributed by atoms with Crippen LogP contribution in [0.2, 0.25) is 0 Å². The second-order valence-corrected chi connectivity index (χ2v) is 6.96. The molecule has 1 aromatic heterocycles. The van der Waals surface area contributed by atoms with Crippen LogP contribution in [0.3, 0.4) is 0 Å². The van der Waals surface area contributed by atoms with Crippen LogP contribution in [0, 0.1) is 3.77 Å². The molecule has 2 aromatic rings. The van der Waals surface area contributed by atoms with Crippen molar-refractivity contribution >= 4 is 40.0 Å². The molecule has 0 radical (unpaired) electrons. The Morgan fingerprint density at radius 1 is 1.20 bits per heavy atom. The average molecular weight is 447 g/mol. The number of nitrogens with one attached hydrogen (secondary N) is 1. The summed E-state index contributed by atoms with van der Waals surface area (Å²) in [7, 11) is 1.33. The van der Waals surface area contributed by atoms with Crippen molar-refractivity contribution in [1.82, 2.24) is 5.32 Å². The van der Waals surface area contributed by atoms with Gasteiger partial charge in [-0.15, -0.1) is 0 Å². The predicted octanol–water partition coefficient (Wildman–Crippen LogP) is 3.63. The molecule has 5 nitrogen and oxygen atoms in total. The summed E-state index contributed by atoms with van der Waals surface area (Å²) in [5.74, 6) is -0.605. The van der Waals surface area contributed by atoms with Crippen molar-refractivity contribution in [2.45, 2.75) is 12.8 Å². The number of benzene rings is 1. The van der Waals surface area contributed by atoms with Gasteiger partial charge in [-0.25, -0.2) is 4.79 Å². The van der Waals surface area contributed by atoms with Gasteiger partial charge < -0.3 is 14.5 Å². The second kappa shape index (κ2) is 5.87. The van der Waals surface area contributed by atoms with E-state index in [0.717, 1.165) is 11.3 Å². The molecular formula is C19H14INO4. The van der Waals surface area contributed by atoms with E-state index >= 15 is 0 Å². The van der Waals surface area contributed by atoms with E-state index < -0.39 is 11.9 Å². The smallest absolute Gasteiger partial charge is 0.336 e. The fraction of sp³-hybridized carbons (Fsp3) is 0.158. The highest BCUT2D eigenvalue weighted by molar-refractivity contribution is 14.1. The van der Waals surface area contributed by atoms with Crippen molar-refractivity contribution in [3.05, 3.63) is 73.9 Å². The van der Waals surface area contributed by atoms with Gasteiger partial charge in [0, 0.05) is 22.4 Å². The molecule has 0 bridgehead atoms. The summed E-state index contributed by atoms with van der Waals surface area (Å²) in [5.41, 5.74) is 3.79. The number of fused-ring (bicyclic) bond motifs is 2. The fourth-order valence-corrected chi connectivity index (χ4v) is 3.91. The maximum Gasteiger partial charge on any atom is 0.336 e. The summed E-state index contributed by atoms with van der Waals surface area (Å²) < 4.78 is 11.4. The zero-order valence-corrected chi connectivity index (χ0v) is 15.7. The summed E-state index contributed by atoms with van der Waals surface area (Å²) in [4.78, 5) is 25.5. The van der Waals surface area contributed by atoms with Crippen molar-refractivity contribution in [3.8, 4) is 0 Å². The van der Waals surface area contributed by atoms with Crippen molar-refractivity contribution in [2.24, 2.45) is 0 Å². The first kappa shape index (κ1) is 16.1. The summed E-state index contributed by atoms with van der Waals surface area (Å²) in [5, 5.41) is 3.23. The number of furan rings is 1. The number of dihydropyridines is 1. The highest BCUT2D eigenvalue weighted by Crippen LogP contribution is 2.46. The SMILES string of the molecule is COC(=O)C1=C(C)NC2=C(C(=O)c3ccccc32)[C@@H]1c1ccc(I)o1. The molecule has 2 heterocycles. The Labute approximate surface area is 157 Å². The topological polar surface area (TPSA) is 68.5 Å². The number of halogens is 1. The Kier molecular flexibility index (Phi) is 3.79. The zero-order chi connectivity index (χ0) is 17.7. The first-order valence-corrected chi connectivity index (χ1v) is 8.80. The van der Waals surface area contributed by atoms with E-state index in [4.69, 9.17) is 9.15 Å². The van der Waals surface area contributed by atoms with Crippen molar-refractivity contribution in [3.63, 3.8) is 0 Å². The largest absolute Gasteiger partial charge is 0.466 e. The molecule has 1 atom stereocenters. The number of esters is 1. The lowest BCUT2D eigenvalue weighted by atomic mass is 9.83. The van der Waals surface area contributed by atoms with Crippen LogP contribution in [0.4, 0.5) is 0 Å². The lowest BCUT2D eigenvalue weighted by molar-refractivity contribution is -0.136. The molecule has 0 saturated heterocycles. The van der Waals surface area contributed by atoms with Crippen LogP contribution >= 0.6 is 22.6 Å². The summed E-state index contributed by atoms with van der Waals surface area (Å²) in [6.45, 7) is 1.81. The van der Waals surface area contributed by atoms with Gasteiger partial charge in [0.05, 0.1) is 24.3 Å². The van der Waals surface area contributed by atoms with Crippen molar-refractivity contribution < 1.29 is 18.7 Å². The number of methoxy groups -OCH3 is 1. The average Bonchev–Trinajstić information content (AvgIpc) is 3.16. The van der Waals surface area contributed by atoms with Crippen LogP contribution in [0.5, 0.6) is 0 Å². The summed E-state index contributed by atoms with van der Waals surface area (Å²) in [6.07, 6.45) is 0. The fourth-order valence-electron chi connectivity index (χ4n) is 3.48. The first-order valence-electron chi connectivity index (χ1n) is 7.72. The summed E-state index contributed by atoms with van der Waals surface area (Å²) >= 11 is 2.07. The Hall–Kier alpha value is -2.35. The number of hydrogen-bond donors (Lipinski definition) is 1. The Balaban J connectivity index is 1.96. The third-order valence-electron chi connectivity index (χ3n) is 4.53. The Bertz CT molecular complexity index is 983. The monoisotopic (exact) mass is 447 g/mol. The van der Waals surface area contributed by atoms with E-state index in [1.165, 1.54) is 7.11 Å². The molecule has 1 aliphatic heterocycles. The highest BCUT2D eigenvalue weighted by Gasteiger charge is 2.44. The number of carbonyl (C=O) groups excluding carboxylic acids is 2. The molecule has 25 heavy (non-hydrogen) atoms. The molecule has 4 rings (SSSR count). The number of carbonyl (C=O) groups is 2. The van der Waals surface area contributed by atoms with Gasteiger partial charge in [0.25, 0.3) is 0 Å². The number of Topliss-reactive ketones (excluding diaryl/α,β-unsaturated/α-hetero) is 1. The van der Waals surface area contributed by atoms with Crippen LogP contribution in [0.1, 0.15) is 34.5 Å². The van der Waals surface area contributed by atoms with Crippen molar-refractivity contribution in [2.75, 3.05) is 7.11 Å². The van der Waals surface area contributed by atoms with Gasteiger partial charge in [-0.3, -0.25) is 4.79 Å². The minimum absolute atomic E-state index is 0.0941. The maximum absolute atomic E-state index is 13.1. The standard InChI is InChI=1S/C19H14INO4/c1-9-14(19(23)24-2)15(12-7-8-13(20)25-12)16-17(21-9)10-5-3-4-6-11(10)18(16)22/h3-8,15,21H,1-2H3/t15-/m1/s1. The third-order valence-corrected chi connectivity index (χ3v) is 5.11. The van der Waals surface area contributed by atoms with E-state index in [2.05, 4.69) is 27.9 Å². The second-order valence-electron chi connectivity index (χ2n) is 5.89. The predicted molar refractivity (Wildman–Crippen MR) is 99.7 cm³/mol. The highest BCUT2D eigenvalue weighted by atomic mass is 127. The van der Waals surface area contributed by atoms with Gasteiger partial charge in [-0.1, -0.05) is 24.3 Å². The van der Waals surface area contributed by atoms with Gasteiger partial charge in [-0.2, -0.15) is 0 Å². The molecule has 1 N–H and O–H groups in total. The van der Waals surface area contributed by atoms with E-state index in [0.29, 0.717) is 31.9 Å². The first-order chi connectivity index (χ1) is 12.0. The van der Waals surface area contributed by atoms with Crippen LogP contribution in [0.15, 0.2) is 57.7 Å². The Morgan fingerprint density at radius 3 is 2.56 bits per heavy atom. The molecule has 1 aliphatic carbocycles. The molecule has 0 fully saturated rings. The normalized spacial score (nSPS) is 18.8. The van der Waals surface area contributed by atoms with Gasteiger partial charge in [0.2, 0.25) is 0 Å². The number of allylic oxidation sites excluding steroid dienone is 2. The number of hydrogen-bond acceptors (Lipinski definition) is 5. The molecule has 6 heteroatoms. The molecular weight excluding hydrogens is 433 g/mol. The van der Waals surface area contributed by atoms with Gasteiger partial charge >= 0.3 is 5.97 Å². The number of ketones is 1. The minimum atomic E-state index is -0.591. The lowest BCUT2D eigenvalue weighted by Gasteiger charge is -2.27. The molecule has 1 aromatic carbocycles. The number of rotatable bonds is 2. The maximum atomic E-state index is 13.1. The van der Waals surface area contributed by atoms with Crippen LogP contribution in [-0.4, -0.2) is 18.9 Å². The van der Waals surface area contributed by atoms with E-state index in [1.807, 2.05) is 31.2 Å². The summed E-state index contributed by atoms with van der Waals surface area (Å²) in [6, 6.07) is 11.0. The quantitative estimate of drug-likeness (QED) is 0.563. The van der Waals surface area contributed by atoms with E-state index in [9.17, 15) is 9.59 Å². The molecule has 0 amide bonds. The Morgan fingerprint density at radius 2 is 1.92 bits per heavy atom. The van der Waals surface area contributed by atoms with Crippen molar-refractivity contribution in [1.29, 1.82) is 0 Å². The van der Waals surface area contributed by atoms with Crippen LogP contribution in [-0.2, 0) is 9.53 Å². The zero-order valence-electron chi connectivity index (χ0n) is 13.6. The lowest BCUT2D eigenvalue weighted by Crippen LogP contribution is -2.28. The molecule has 126 valence electrons. The molecule has 0 saturated carbocycles. The van der Waals surface area contributed by atoms with Gasteiger partial charge in [-0.05, 0) is 41.6 Å². The van der Waals surface area contributed by atoms with Crippen LogP contribution in [0.25, 0.3) is 5.70 Å². The van der Waals surface area contributed by atoms with Gasteiger partial charge in [0.1, 0.15) is 5.76 Å². The van der Waals surface area contributed by atoms with Crippen LogP contribution < -0.4 is 5.32 Å². The minimum Gasteiger partial charge on any atom is -0.466 e. The molecule has 2 aliphatic rings. The molecule has 0 unspecified atom stereocenters. The van der Waals surface area contributed by atoms with Gasteiger partial charge in [0.15, 0.2) is 9.55 Å². The molecule has 0 spiro atoms. The van der Waals surface area contributed by atoms with E-state index in [-0.39, 0.29) is 5.78 Å². The number of ether oxygens (including phenoxy) is 1. The third kappa shape index (κ3) is 2.35.